The van der Waals surface area contributed by atoms with Gasteiger partial charge >= 0.3 is 0 Å². The third-order valence-electron chi connectivity index (χ3n) is 14.2. The summed E-state index contributed by atoms with van der Waals surface area (Å²) in [5, 5.41) is 1.45. The monoisotopic (exact) mass is 873 g/mol. The summed E-state index contributed by atoms with van der Waals surface area (Å²) in [5.74, 6) is 1.45. The van der Waals surface area contributed by atoms with E-state index in [0.29, 0.717) is 18.6 Å². The SMILES string of the molecule is Cc1ccccc1-c1cc(C(C)C)c(-c2cccc(-c3c(C(C)C)cc(-c4ccccc4C)cc3C(C)C)c2P2C(c3ccccc3C)CC(=O)CC2c2ccccc2C)c(C(C)C)c1. The van der Waals surface area contributed by atoms with Crippen molar-refractivity contribution < 1.29 is 4.79 Å². The van der Waals surface area contributed by atoms with E-state index in [2.05, 4.69) is 223 Å². The number of hydrogen-bond donors (Lipinski definition) is 0. The molecule has 1 heterocycles. The van der Waals surface area contributed by atoms with Crippen LogP contribution >= 0.6 is 7.92 Å². The highest BCUT2D eigenvalue weighted by atomic mass is 31.1. The molecule has 0 aromatic heterocycles. The Morgan fingerprint density at radius 3 is 1.03 bits per heavy atom. The topological polar surface area (TPSA) is 17.1 Å². The Bertz CT molecular complexity index is 2620. The predicted molar refractivity (Wildman–Crippen MR) is 283 cm³/mol. The molecule has 1 fully saturated rings. The minimum absolute atomic E-state index is 0.0458. The highest BCUT2D eigenvalue weighted by Crippen LogP contribution is 2.69. The van der Waals surface area contributed by atoms with E-state index in [1.807, 2.05) is 0 Å². The van der Waals surface area contributed by atoms with Gasteiger partial charge in [-0.25, -0.2) is 0 Å². The van der Waals surface area contributed by atoms with Gasteiger partial charge in [-0.15, -0.1) is 0 Å². The second kappa shape index (κ2) is 19.2. The number of carbonyl (C=O) groups excluding carboxylic acids is 1. The average Bonchev–Trinajstić information content (AvgIpc) is 3.28. The van der Waals surface area contributed by atoms with Crippen molar-refractivity contribution in [3.8, 4) is 44.5 Å². The summed E-state index contributed by atoms with van der Waals surface area (Å²) in [7, 11) is -1.05. The number of Topliss-reactive ketones (excluding diaryl/α,β-unsaturated/α-hetero) is 1. The summed E-state index contributed by atoms with van der Waals surface area (Å²) >= 11 is 0. The van der Waals surface area contributed by atoms with Crippen molar-refractivity contribution >= 4 is 19.0 Å². The third-order valence-corrected chi connectivity index (χ3v) is 17.5. The molecule has 0 N–H and O–H groups in total. The van der Waals surface area contributed by atoms with Crippen LogP contribution < -0.4 is 5.30 Å². The summed E-state index contributed by atoms with van der Waals surface area (Å²) < 4.78 is 0. The van der Waals surface area contributed by atoms with E-state index in [4.69, 9.17) is 0 Å². The lowest BCUT2D eigenvalue weighted by molar-refractivity contribution is -0.119. The van der Waals surface area contributed by atoms with Crippen LogP contribution in [0.15, 0.2) is 140 Å². The van der Waals surface area contributed by atoms with Crippen molar-refractivity contribution in [2.75, 3.05) is 0 Å². The summed E-state index contributed by atoms with van der Waals surface area (Å²) in [6, 6.07) is 52.9. The van der Waals surface area contributed by atoms with Crippen molar-refractivity contribution in [2.45, 2.75) is 131 Å². The van der Waals surface area contributed by atoms with E-state index in [1.54, 1.807) is 0 Å². The fourth-order valence-electron chi connectivity index (χ4n) is 10.8. The second-order valence-electron chi connectivity index (χ2n) is 20.1. The lowest BCUT2D eigenvalue weighted by Crippen LogP contribution is -2.27. The zero-order valence-corrected chi connectivity index (χ0v) is 41.9. The van der Waals surface area contributed by atoms with Crippen LogP contribution in [0, 0.1) is 27.7 Å². The normalized spacial score (nSPS) is 16.6. The Morgan fingerprint density at radius 1 is 0.400 bits per heavy atom. The molecule has 332 valence electrons. The van der Waals surface area contributed by atoms with Crippen LogP contribution in [-0.2, 0) is 4.79 Å². The molecule has 7 aromatic rings. The van der Waals surface area contributed by atoms with Crippen LogP contribution in [0.5, 0.6) is 0 Å². The predicted octanol–water partition coefficient (Wildman–Crippen LogP) is 18.0. The molecule has 1 saturated heterocycles. The van der Waals surface area contributed by atoms with Gasteiger partial charge in [0.25, 0.3) is 0 Å². The van der Waals surface area contributed by atoms with Crippen molar-refractivity contribution in [3.05, 3.63) is 195 Å². The molecule has 7 aromatic carbocycles. The van der Waals surface area contributed by atoms with Crippen molar-refractivity contribution in [2.24, 2.45) is 0 Å². The maximum atomic E-state index is 14.5. The molecule has 0 spiro atoms. The zero-order valence-electron chi connectivity index (χ0n) is 41.0. The van der Waals surface area contributed by atoms with Gasteiger partial charge in [-0.2, -0.15) is 0 Å². The molecule has 0 aliphatic carbocycles. The third kappa shape index (κ3) is 8.99. The van der Waals surface area contributed by atoms with Gasteiger partial charge < -0.3 is 0 Å². The van der Waals surface area contributed by atoms with Gasteiger partial charge in [0, 0.05) is 24.2 Å². The number of carbonyl (C=O) groups is 1. The molecule has 1 aliphatic rings. The number of aryl methyl sites for hydroxylation is 4. The van der Waals surface area contributed by atoms with E-state index in [-0.39, 0.29) is 35.0 Å². The number of ketones is 1. The average molecular weight is 873 g/mol. The Hall–Kier alpha value is -5.36. The molecule has 1 nitrogen and oxygen atoms in total. The van der Waals surface area contributed by atoms with E-state index in [1.165, 1.54) is 105 Å². The molecule has 2 unspecified atom stereocenters. The number of benzene rings is 7. The Kier molecular flexibility index (Phi) is 13.7. The molecule has 65 heavy (non-hydrogen) atoms. The fourth-order valence-corrected chi connectivity index (χ4v) is 14.8. The maximum absolute atomic E-state index is 14.5. The molecule has 2 heteroatoms. The summed E-state index contributed by atoms with van der Waals surface area (Å²) in [5.41, 5.74) is 24.0. The molecule has 8 rings (SSSR count). The summed E-state index contributed by atoms with van der Waals surface area (Å²) in [4.78, 5) is 14.5. The van der Waals surface area contributed by atoms with Gasteiger partial charge in [0.15, 0.2) is 0 Å². The summed E-state index contributed by atoms with van der Waals surface area (Å²) in [6.45, 7) is 28.0. The molecule has 2 atom stereocenters. The molecule has 1 aliphatic heterocycles. The minimum atomic E-state index is -1.05. The van der Waals surface area contributed by atoms with Crippen LogP contribution in [0.25, 0.3) is 44.5 Å². The van der Waals surface area contributed by atoms with Crippen molar-refractivity contribution in [1.29, 1.82) is 0 Å². The lowest BCUT2D eigenvalue weighted by atomic mass is 9.79. The van der Waals surface area contributed by atoms with E-state index in [0.717, 1.165) is 0 Å². The van der Waals surface area contributed by atoms with Crippen molar-refractivity contribution in [3.63, 3.8) is 0 Å². The van der Waals surface area contributed by atoms with Gasteiger partial charge in [0.2, 0.25) is 0 Å². The molecular formula is C63H69OP. The van der Waals surface area contributed by atoms with Gasteiger partial charge in [-0.1, -0.05) is 203 Å². The first-order valence-corrected chi connectivity index (χ1v) is 25.7. The quantitative estimate of drug-likeness (QED) is 0.118. The highest BCUT2D eigenvalue weighted by molar-refractivity contribution is 7.67. The van der Waals surface area contributed by atoms with E-state index in [9.17, 15) is 4.79 Å². The lowest BCUT2D eigenvalue weighted by Gasteiger charge is -2.42. The van der Waals surface area contributed by atoms with E-state index >= 15 is 0 Å². The summed E-state index contributed by atoms with van der Waals surface area (Å²) in [6.07, 6.45) is 1.10. The van der Waals surface area contributed by atoms with Gasteiger partial charge in [-0.3, -0.25) is 4.79 Å². The first-order valence-electron chi connectivity index (χ1n) is 24.2. The first kappa shape index (κ1) is 46.2. The standard InChI is InChI=1S/C63H69OP/c1-38(2)55-32-46(49-26-17-13-22-42(49)9)33-56(39(3)4)61(55)53-30-21-31-54(62-57(40(5)6)34-47(35-58(62)41(7)8)50-27-18-14-23-43(50)10)63(53)65-59(51-28-19-15-24-44(51)11)36-48(64)37-60(65)52-29-20-16-25-45(52)12/h13-35,38-41,59-60H,36-37H2,1-12H3. The largest absolute Gasteiger partial charge is 0.300 e. The highest BCUT2D eigenvalue weighted by Gasteiger charge is 2.43. The Balaban J connectivity index is 1.57. The smallest absolute Gasteiger partial charge is 0.134 e. The zero-order chi connectivity index (χ0) is 46.3. The van der Waals surface area contributed by atoms with E-state index < -0.39 is 7.92 Å². The number of hydrogen-bond acceptors (Lipinski definition) is 1. The van der Waals surface area contributed by atoms with Crippen LogP contribution in [0.1, 0.15) is 159 Å². The van der Waals surface area contributed by atoms with Crippen LogP contribution in [0.2, 0.25) is 0 Å². The molecule has 0 saturated carbocycles. The Labute approximate surface area is 392 Å². The van der Waals surface area contributed by atoms with Gasteiger partial charge in [-0.05, 0) is 157 Å². The van der Waals surface area contributed by atoms with Crippen LogP contribution in [0.3, 0.4) is 0 Å². The molecular weight excluding hydrogens is 804 g/mol. The van der Waals surface area contributed by atoms with Crippen LogP contribution in [-0.4, -0.2) is 5.78 Å². The van der Waals surface area contributed by atoms with Crippen molar-refractivity contribution in [1.82, 2.24) is 0 Å². The Morgan fingerprint density at radius 2 is 0.708 bits per heavy atom. The molecule has 0 amide bonds. The molecule has 0 radical (unpaired) electrons. The van der Waals surface area contributed by atoms with Gasteiger partial charge in [0.1, 0.15) is 5.78 Å². The number of rotatable bonds is 11. The maximum Gasteiger partial charge on any atom is 0.134 e. The second-order valence-corrected chi connectivity index (χ2v) is 22.6. The van der Waals surface area contributed by atoms with Crippen LogP contribution in [0.4, 0.5) is 0 Å². The molecule has 0 bridgehead atoms. The minimum Gasteiger partial charge on any atom is -0.300 e. The van der Waals surface area contributed by atoms with Gasteiger partial charge in [0.05, 0.1) is 0 Å². The fraction of sp³-hybridized carbons (Fsp3) is 0.317. The first-order chi connectivity index (χ1) is 31.2.